The molecule has 11 heteroatoms. The maximum absolute atomic E-state index is 12.2. The minimum absolute atomic E-state index is 0.0309. The molecule has 3 heterocycles. The number of carbonyl (C=O) groups is 1. The summed E-state index contributed by atoms with van der Waals surface area (Å²) in [5.41, 5.74) is 3.03. The fourth-order valence-electron chi connectivity index (χ4n) is 3.23. The van der Waals surface area contributed by atoms with Gasteiger partial charge in [0.15, 0.2) is 6.29 Å². The number of rotatable bonds is 6. The van der Waals surface area contributed by atoms with Crippen LogP contribution in [0.25, 0.3) is 10.9 Å². The third-order valence-corrected chi connectivity index (χ3v) is 5.94. The van der Waals surface area contributed by atoms with Crippen molar-refractivity contribution < 1.29 is 4.79 Å². The molecule has 1 fully saturated rings. The minimum atomic E-state index is -0.453. The van der Waals surface area contributed by atoms with Gasteiger partial charge >= 0.3 is 0 Å². The maximum Gasteiger partial charge on any atom is 0.226 e. The molecular weight excluding hydrogens is 390 g/mol. The van der Waals surface area contributed by atoms with Crippen LogP contribution in [0, 0.1) is 6.92 Å². The summed E-state index contributed by atoms with van der Waals surface area (Å²) in [7, 11) is 1.79. The third-order valence-electron chi connectivity index (χ3n) is 4.77. The van der Waals surface area contributed by atoms with E-state index in [1.165, 1.54) is 17.3 Å². The normalized spacial score (nSPS) is 19.3. The number of thioether (sulfide) groups is 1. The number of tetrazole rings is 1. The van der Waals surface area contributed by atoms with Crippen molar-refractivity contribution in [2.75, 3.05) is 11.1 Å². The number of anilines is 1. The van der Waals surface area contributed by atoms with E-state index >= 15 is 0 Å². The lowest BCUT2D eigenvalue weighted by molar-refractivity contribution is -0.123. The number of nitrogens with zero attached hydrogens (tertiary/aromatic N) is 6. The van der Waals surface area contributed by atoms with E-state index in [1.807, 2.05) is 13.0 Å². The average Bonchev–Trinajstić information content (AvgIpc) is 3.10. The molecule has 3 aromatic rings. The first-order valence-electron chi connectivity index (χ1n) is 9.46. The van der Waals surface area contributed by atoms with E-state index in [1.54, 1.807) is 11.7 Å². The molecule has 1 amide bonds. The lowest BCUT2D eigenvalue weighted by Gasteiger charge is -2.31. The summed E-state index contributed by atoms with van der Waals surface area (Å²) in [6.07, 6.45) is 0.900. The molecule has 2 unspecified atom stereocenters. The van der Waals surface area contributed by atoms with E-state index in [0.29, 0.717) is 23.3 Å². The predicted molar refractivity (Wildman–Crippen MR) is 110 cm³/mol. The van der Waals surface area contributed by atoms with Gasteiger partial charge in [0, 0.05) is 30.6 Å². The van der Waals surface area contributed by atoms with Crippen molar-refractivity contribution in [3.05, 3.63) is 29.5 Å². The molecule has 0 saturated carbocycles. The first-order chi connectivity index (χ1) is 14.0. The number of hydrogen-bond acceptors (Lipinski definition) is 9. The van der Waals surface area contributed by atoms with Crippen molar-refractivity contribution in [3.8, 4) is 0 Å². The molecule has 0 radical (unpaired) electrons. The third kappa shape index (κ3) is 4.46. The Hall–Kier alpha value is -2.79. The summed E-state index contributed by atoms with van der Waals surface area (Å²) >= 11 is 1.50. The molecule has 2 atom stereocenters. The van der Waals surface area contributed by atoms with E-state index in [2.05, 4.69) is 60.5 Å². The van der Waals surface area contributed by atoms with Crippen LogP contribution in [0.4, 0.5) is 5.95 Å². The van der Waals surface area contributed by atoms with Gasteiger partial charge < -0.3 is 10.6 Å². The van der Waals surface area contributed by atoms with Gasteiger partial charge in [-0.1, -0.05) is 24.8 Å². The Morgan fingerprint density at radius 3 is 2.97 bits per heavy atom. The molecule has 29 heavy (non-hydrogen) atoms. The largest absolute Gasteiger partial charge is 0.323 e. The van der Waals surface area contributed by atoms with Crippen LogP contribution in [0.5, 0.6) is 0 Å². The van der Waals surface area contributed by atoms with Crippen LogP contribution in [0.2, 0.25) is 0 Å². The van der Waals surface area contributed by atoms with Gasteiger partial charge in [-0.15, -0.1) is 5.10 Å². The number of fused-ring (bicyclic) bond motifs is 1. The molecule has 0 spiro atoms. The van der Waals surface area contributed by atoms with Gasteiger partial charge in [-0.3, -0.25) is 10.1 Å². The monoisotopic (exact) mass is 413 g/mol. The second-order valence-electron chi connectivity index (χ2n) is 6.95. The molecule has 152 valence electrons. The molecule has 0 bridgehead atoms. The molecule has 3 N–H and O–H groups in total. The van der Waals surface area contributed by atoms with Crippen molar-refractivity contribution in [2.45, 2.75) is 44.2 Å². The highest BCUT2D eigenvalue weighted by Crippen LogP contribution is 2.20. The molecule has 10 nitrogen and oxygen atoms in total. The van der Waals surface area contributed by atoms with Crippen molar-refractivity contribution in [1.82, 2.24) is 40.8 Å². The standard InChI is InChI=1S/C18H23N9OS/c1-4-11-5-6-14-13(7-11)10(2)19-16(21-14)23-17-20-12(8-15(28)22-17)9-29-18-24-25-26-27(18)3/h5-7,12,17,20H,4,8-9H2,1-3H3,(H,22,28)(H,19,21,23). The minimum Gasteiger partial charge on any atom is -0.323 e. The zero-order chi connectivity index (χ0) is 20.4. The molecular formula is C18H23N9OS. The van der Waals surface area contributed by atoms with Gasteiger partial charge in [0.1, 0.15) is 0 Å². The van der Waals surface area contributed by atoms with Gasteiger partial charge in [-0.05, 0) is 41.5 Å². The van der Waals surface area contributed by atoms with Gasteiger partial charge in [0.25, 0.3) is 0 Å². The average molecular weight is 414 g/mol. The number of benzene rings is 1. The van der Waals surface area contributed by atoms with Crippen molar-refractivity contribution >= 4 is 34.5 Å². The second-order valence-corrected chi connectivity index (χ2v) is 7.93. The van der Waals surface area contributed by atoms with Crippen LogP contribution in [0.3, 0.4) is 0 Å². The highest BCUT2D eigenvalue weighted by molar-refractivity contribution is 7.99. The molecule has 4 rings (SSSR count). The van der Waals surface area contributed by atoms with Crippen molar-refractivity contribution in [2.24, 2.45) is 7.05 Å². The summed E-state index contributed by atoms with van der Waals surface area (Å²) in [4.78, 5) is 21.3. The van der Waals surface area contributed by atoms with Gasteiger partial charge in [0.2, 0.25) is 17.0 Å². The Kier molecular flexibility index (Phi) is 5.58. The summed E-state index contributed by atoms with van der Waals surface area (Å²) in [5, 5.41) is 22.6. The molecule has 1 aliphatic rings. The highest BCUT2D eigenvalue weighted by Gasteiger charge is 2.27. The number of carbonyl (C=O) groups excluding carboxylic acids is 1. The number of hydrogen-bond donors (Lipinski definition) is 3. The zero-order valence-corrected chi connectivity index (χ0v) is 17.3. The van der Waals surface area contributed by atoms with E-state index in [9.17, 15) is 4.79 Å². The van der Waals surface area contributed by atoms with Gasteiger partial charge in [0.05, 0.1) is 11.2 Å². The van der Waals surface area contributed by atoms with Crippen LogP contribution < -0.4 is 16.0 Å². The van der Waals surface area contributed by atoms with Crippen LogP contribution in [-0.4, -0.2) is 54.2 Å². The Labute approximate surface area is 172 Å². The summed E-state index contributed by atoms with van der Waals surface area (Å²) in [6, 6.07) is 6.18. The summed E-state index contributed by atoms with van der Waals surface area (Å²) < 4.78 is 1.61. The fourth-order valence-corrected chi connectivity index (χ4v) is 4.11. The molecule has 2 aromatic heterocycles. The summed E-state index contributed by atoms with van der Waals surface area (Å²) in [6.45, 7) is 4.09. The Morgan fingerprint density at radius 1 is 1.34 bits per heavy atom. The van der Waals surface area contributed by atoms with E-state index in [-0.39, 0.29) is 11.9 Å². The van der Waals surface area contributed by atoms with Gasteiger partial charge in [-0.2, -0.15) is 0 Å². The first-order valence-corrected chi connectivity index (χ1v) is 10.4. The number of aromatic nitrogens is 6. The van der Waals surface area contributed by atoms with E-state index in [4.69, 9.17) is 0 Å². The van der Waals surface area contributed by atoms with Gasteiger partial charge in [-0.25, -0.2) is 14.6 Å². The Bertz CT molecular complexity index is 1040. The van der Waals surface area contributed by atoms with Crippen molar-refractivity contribution in [1.29, 1.82) is 0 Å². The maximum atomic E-state index is 12.2. The number of nitrogens with one attached hydrogen (secondary N) is 3. The van der Waals surface area contributed by atoms with Crippen LogP contribution >= 0.6 is 11.8 Å². The molecule has 0 aliphatic carbocycles. The fraction of sp³-hybridized carbons (Fsp3) is 0.444. The van der Waals surface area contributed by atoms with Crippen LogP contribution in [0.15, 0.2) is 23.4 Å². The Morgan fingerprint density at radius 2 is 2.21 bits per heavy atom. The van der Waals surface area contributed by atoms with E-state index < -0.39 is 6.29 Å². The SMILES string of the molecule is CCc1ccc2nc(NC3NC(=O)CC(CSc4nnnn4C)N3)nc(C)c2c1. The topological polar surface area (TPSA) is 123 Å². The highest BCUT2D eigenvalue weighted by atomic mass is 32.2. The van der Waals surface area contributed by atoms with E-state index in [0.717, 1.165) is 23.0 Å². The lowest BCUT2D eigenvalue weighted by atomic mass is 10.1. The number of aryl methyl sites for hydroxylation is 3. The Balaban J connectivity index is 1.45. The molecule has 1 saturated heterocycles. The second kappa shape index (κ2) is 8.29. The molecule has 1 aliphatic heterocycles. The van der Waals surface area contributed by atoms with Crippen molar-refractivity contribution in [3.63, 3.8) is 0 Å². The first kappa shape index (κ1) is 19.5. The van der Waals surface area contributed by atoms with Crippen LogP contribution in [0.1, 0.15) is 24.6 Å². The lowest BCUT2D eigenvalue weighted by Crippen LogP contribution is -2.60. The molecule has 1 aromatic carbocycles. The number of amides is 1. The zero-order valence-electron chi connectivity index (χ0n) is 16.5. The summed E-state index contributed by atoms with van der Waals surface area (Å²) in [5.74, 6) is 1.10. The smallest absolute Gasteiger partial charge is 0.226 e. The predicted octanol–water partition coefficient (Wildman–Crippen LogP) is 0.990. The quantitative estimate of drug-likeness (QED) is 0.508. The van der Waals surface area contributed by atoms with Crippen LogP contribution in [-0.2, 0) is 18.3 Å².